The van der Waals surface area contributed by atoms with Gasteiger partial charge < -0.3 is 10.4 Å². The lowest BCUT2D eigenvalue weighted by Crippen LogP contribution is -2.46. The number of carbonyl (C=O) groups excluding carboxylic acids is 1. The van der Waals surface area contributed by atoms with Crippen molar-refractivity contribution in [1.29, 1.82) is 0 Å². The number of carbonyl (C=O) groups is 1. The quantitative estimate of drug-likeness (QED) is 0.699. The van der Waals surface area contributed by atoms with Crippen LogP contribution in [0.1, 0.15) is 5.69 Å². The van der Waals surface area contributed by atoms with Crippen LogP contribution in [0.5, 0.6) is 0 Å². The number of amidine groups is 1. The van der Waals surface area contributed by atoms with Crippen LogP contribution in [0.2, 0.25) is 0 Å². The molecule has 0 spiro atoms. The van der Waals surface area contributed by atoms with Gasteiger partial charge in [0.15, 0.2) is 6.23 Å². The van der Waals surface area contributed by atoms with Crippen molar-refractivity contribution in [3.05, 3.63) is 30.1 Å². The molecule has 0 bridgehead atoms. The Morgan fingerprint density at radius 1 is 1.50 bits per heavy atom. The number of nitrogens with one attached hydrogen (secondary N) is 1. The SMILES string of the molecule is O=C1NC(Cc2ccccn2)=NC(O)C1=S. The monoisotopic (exact) mass is 235 g/mol. The van der Waals surface area contributed by atoms with Gasteiger partial charge in [-0.1, -0.05) is 18.3 Å². The lowest BCUT2D eigenvalue weighted by Gasteiger charge is -2.17. The lowest BCUT2D eigenvalue weighted by molar-refractivity contribution is -0.114. The van der Waals surface area contributed by atoms with E-state index in [4.69, 9.17) is 0 Å². The van der Waals surface area contributed by atoms with Crippen molar-refractivity contribution in [2.45, 2.75) is 12.6 Å². The van der Waals surface area contributed by atoms with E-state index in [9.17, 15) is 9.90 Å². The first kappa shape index (κ1) is 10.8. The number of nitrogens with zero attached hydrogens (tertiary/aromatic N) is 2. The molecule has 5 nitrogen and oxygen atoms in total. The molecule has 2 rings (SSSR count). The van der Waals surface area contributed by atoms with Crippen molar-refractivity contribution in [2.75, 3.05) is 0 Å². The summed E-state index contributed by atoms with van der Waals surface area (Å²) in [6.45, 7) is 0. The summed E-state index contributed by atoms with van der Waals surface area (Å²) in [4.78, 5) is 19.1. The number of aliphatic imine (C=N–C) groups is 1. The van der Waals surface area contributed by atoms with Gasteiger partial charge in [0.25, 0.3) is 5.91 Å². The fourth-order valence-electron chi connectivity index (χ4n) is 1.31. The topological polar surface area (TPSA) is 74.6 Å². The van der Waals surface area contributed by atoms with E-state index in [2.05, 4.69) is 27.5 Å². The van der Waals surface area contributed by atoms with E-state index in [0.29, 0.717) is 12.3 Å². The van der Waals surface area contributed by atoms with Crippen LogP contribution in [-0.4, -0.2) is 32.9 Å². The molecule has 1 aliphatic heterocycles. The summed E-state index contributed by atoms with van der Waals surface area (Å²) >= 11 is 4.68. The number of aliphatic hydroxyl groups excluding tert-OH is 1. The Bertz CT molecular complexity index is 458. The van der Waals surface area contributed by atoms with Gasteiger partial charge in [0.2, 0.25) is 0 Å². The van der Waals surface area contributed by atoms with Gasteiger partial charge in [-0.15, -0.1) is 0 Å². The summed E-state index contributed by atoms with van der Waals surface area (Å²) in [6.07, 6.45) is 0.802. The Labute approximate surface area is 97.2 Å². The van der Waals surface area contributed by atoms with E-state index in [0.717, 1.165) is 5.69 Å². The highest BCUT2D eigenvalue weighted by Gasteiger charge is 2.25. The van der Waals surface area contributed by atoms with E-state index in [1.807, 2.05) is 12.1 Å². The van der Waals surface area contributed by atoms with Gasteiger partial charge >= 0.3 is 0 Å². The number of aromatic nitrogens is 1. The van der Waals surface area contributed by atoms with Gasteiger partial charge in [-0.2, -0.15) is 0 Å². The molecule has 16 heavy (non-hydrogen) atoms. The third-order valence-electron chi connectivity index (χ3n) is 2.07. The molecule has 2 heterocycles. The minimum Gasteiger partial charge on any atom is -0.367 e. The highest BCUT2D eigenvalue weighted by Crippen LogP contribution is 2.03. The summed E-state index contributed by atoms with van der Waals surface area (Å²) < 4.78 is 0. The van der Waals surface area contributed by atoms with Gasteiger partial charge in [0.05, 0.1) is 0 Å². The molecule has 82 valence electrons. The number of thiocarbonyl (C=S) groups is 1. The second kappa shape index (κ2) is 4.46. The van der Waals surface area contributed by atoms with E-state index < -0.39 is 12.1 Å². The maximum atomic E-state index is 11.3. The number of aliphatic hydroxyl groups is 1. The third kappa shape index (κ3) is 2.29. The summed E-state index contributed by atoms with van der Waals surface area (Å²) in [5.41, 5.74) is 0.765. The van der Waals surface area contributed by atoms with Crippen molar-refractivity contribution in [3.63, 3.8) is 0 Å². The predicted octanol–water partition coefficient (Wildman–Crippen LogP) is -0.159. The van der Waals surface area contributed by atoms with Crippen molar-refractivity contribution in [2.24, 2.45) is 4.99 Å². The number of rotatable bonds is 2. The summed E-state index contributed by atoms with van der Waals surface area (Å²) in [7, 11) is 0. The zero-order chi connectivity index (χ0) is 11.5. The Morgan fingerprint density at radius 3 is 2.94 bits per heavy atom. The van der Waals surface area contributed by atoms with Gasteiger partial charge in [-0.3, -0.25) is 9.78 Å². The Morgan fingerprint density at radius 2 is 2.31 bits per heavy atom. The van der Waals surface area contributed by atoms with E-state index in [-0.39, 0.29) is 4.86 Å². The average molecular weight is 235 g/mol. The fourth-order valence-corrected chi connectivity index (χ4v) is 1.42. The molecule has 1 aromatic heterocycles. The molecule has 1 aliphatic rings. The molecule has 1 atom stereocenters. The van der Waals surface area contributed by atoms with E-state index in [1.165, 1.54) is 0 Å². The minimum absolute atomic E-state index is 0.107. The van der Waals surface area contributed by atoms with Crippen LogP contribution in [0.4, 0.5) is 0 Å². The van der Waals surface area contributed by atoms with Crippen molar-refractivity contribution >= 4 is 28.8 Å². The van der Waals surface area contributed by atoms with Gasteiger partial charge in [-0.25, -0.2) is 4.99 Å². The normalized spacial score (nSPS) is 20.3. The van der Waals surface area contributed by atoms with Crippen LogP contribution in [0.3, 0.4) is 0 Å². The molecular weight excluding hydrogens is 226 g/mol. The average Bonchev–Trinajstić information content (AvgIpc) is 2.27. The molecule has 0 fully saturated rings. The van der Waals surface area contributed by atoms with Crippen LogP contribution in [0, 0.1) is 0 Å². The second-order valence-electron chi connectivity index (χ2n) is 3.27. The summed E-state index contributed by atoms with van der Waals surface area (Å²) in [5.74, 6) is -0.0896. The maximum Gasteiger partial charge on any atom is 0.268 e. The molecule has 0 saturated carbocycles. The number of pyridine rings is 1. The van der Waals surface area contributed by atoms with Crippen LogP contribution in [0.15, 0.2) is 29.4 Å². The lowest BCUT2D eigenvalue weighted by atomic mass is 10.2. The highest BCUT2D eigenvalue weighted by atomic mass is 32.1. The van der Waals surface area contributed by atoms with Crippen LogP contribution in [-0.2, 0) is 11.2 Å². The number of hydrogen-bond acceptors (Lipinski definition) is 5. The smallest absolute Gasteiger partial charge is 0.268 e. The largest absolute Gasteiger partial charge is 0.367 e. The van der Waals surface area contributed by atoms with Crippen molar-refractivity contribution in [3.8, 4) is 0 Å². The molecule has 1 unspecified atom stereocenters. The molecule has 1 amide bonds. The third-order valence-corrected chi connectivity index (χ3v) is 2.47. The second-order valence-corrected chi connectivity index (χ2v) is 3.71. The zero-order valence-electron chi connectivity index (χ0n) is 8.25. The van der Waals surface area contributed by atoms with Gasteiger partial charge in [-0.05, 0) is 12.1 Å². The highest BCUT2D eigenvalue weighted by molar-refractivity contribution is 7.82. The maximum absolute atomic E-state index is 11.3. The molecule has 1 aromatic rings. The first-order valence-electron chi connectivity index (χ1n) is 4.66. The van der Waals surface area contributed by atoms with Crippen LogP contribution >= 0.6 is 12.2 Å². The first-order chi connectivity index (χ1) is 7.66. The first-order valence-corrected chi connectivity index (χ1v) is 5.07. The van der Waals surface area contributed by atoms with Crippen molar-refractivity contribution < 1.29 is 9.90 Å². The summed E-state index contributed by atoms with van der Waals surface area (Å²) in [6, 6.07) is 5.46. The molecule has 0 aliphatic carbocycles. The number of hydrogen-bond donors (Lipinski definition) is 2. The van der Waals surface area contributed by atoms with Crippen molar-refractivity contribution in [1.82, 2.24) is 10.3 Å². The fraction of sp³-hybridized carbons (Fsp3) is 0.200. The summed E-state index contributed by atoms with van der Waals surface area (Å²) in [5, 5.41) is 11.9. The molecule has 0 saturated heterocycles. The molecule has 2 N–H and O–H groups in total. The van der Waals surface area contributed by atoms with E-state index in [1.54, 1.807) is 12.3 Å². The van der Waals surface area contributed by atoms with Gasteiger partial charge in [0, 0.05) is 18.3 Å². The predicted molar refractivity (Wildman–Crippen MR) is 62.1 cm³/mol. The van der Waals surface area contributed by atoms with Crippen LogP contribution in [0.25, 0.3) is 0 Å². The zero-order valence-corrected chi connectivity index (χ0v) is 9.07. The van der Waals surface area contributed by atoms with Crippen LogP contribution < -0.4 is 5.32 Å². The molecule has 0 radical (unpaired) electrons. The standard InChI is InChI=1S/C10H9N3O2S/c14-9-8(16)10(15)13-7(12-9)5-6-3-1-2-4-11-6/h1-4,9,14H,5H2,(H,12,13,15). The number of amides is 1. The Balaban J connectivity index is 2.15. The Hall–Kier alpha value is -1.66. The minimum atomic E-state index is -1.22. The molecule has 6 heteroatoms. The molecular formula is C10H9N3O2S. The molecule has 0 aromatic carbocycles. The van der Waals surface area contributed by atoms with E-state index >= 15 is 0 Å². The van der Waals surface area contributed by atoms with Gasteiger partial charge in [0.1, 0.15) is 10.7 Å². The Kier molecular flexibility index (Phi) is 3.02.